The topological polar surface area (TPSA) is 88.1 Å². The van der Waals surface area contributed by atoms with E-state index in [1.807, 2.05) is 18.2 Å². The Morgan fingerprint density at radius 1 is 1.48 bits per heavy atom. The number of carbonyl (C=O) groups excluding carboxylic acids is 1. The number of carbonyl (C=O) groups is 1. The Bertz CT molecular complexity index is 533. The molecule has 112 valence electrons. The van der Waals surface area contributed by atoms with E-state index in [1.165, 1.54) is 0 Å². The molecule has 0 bridgehead atoms. The quantitative estimate of drug-likeness (QED) is 0.754. The molecule has 0 aliphatic heterocycles. The summed E-state index contributed by atoms with van der Waals surface area (Å²) in [5, 5.41) is 11.3. The molecule has 1 amide bonds. The molecule has 0 unspecified atom stereocenters. The Morgan fingerprint density at radius 2 is 2.29 bits per heavy atom. The molecule has 1 aromatic rings. The zero-order valence-corrected chi connectivity index (χ0v) is 12.1. The summed E-state index contributed by atoms with van der Waals surface area (Å²) in [5.74, 6) is 0.635. The second-order valence-corrected chi connectivity index (χ2v) is 5.58. The van der Waals surface area contributed by atoms with E-state index in [9.17, 15) is 4.79 Å². The van der Waals surface area contributed by atoms with Crippen LogP contribution >= 0.6 is 0 Å². The number of nitrogens with two attached hydrogens (primary N) is 1. The van der Waals surface area contributed by atoms with Crippen LogP contribution in [0.2, 0.25) is 0 Å². The standard InChI is InChI=1S/C16H21N3O2/c17-9-1-2-10-21-14-6-3-5-13(11-14)19-15(20)12-16(18)7-4-8-16/h3,5-6,11H,1-2,4,7-8,10,12,18H2,(H,19,20). The number of amides is 1. The van der Waals surface area contributed by atoms with Crippen LogP contribution in [0.1, 0.15) is 38.5 Å². The summed E-state index contributed by atoms with van der Waals surface area (Å²) in [7, 11) is 0. The van der Waals surface area contributed by atoms with Gasteiger partial charge in [0.25, 0.3) is 0 Å². The molecule has 1 saturated carbocycles. The van der Waals surface area contributed by atoms with Crippen LogP contribution in [0.15, 0.2) is 24.3 Å². The van der Waals surface area contributed by atoms with Crippen molar-refractivity contribution in [3.05, 3.63) is 24.3 Å². The smallest absolute Gasteiger partial charge is 0.226 e. The summed E-state index contributed by atoms with van der Waals surface area (Å²) in [6, 6.07) is 9.35. The van der Waals surface area contributed by atoms with E-state index in [-0.39, 0.29) is 11.4 Å². The molecule has 1 fully saturated rings. The number of rotatable bonds is 7. The molecule has 5 heteroatoms. The van der Waals surface area contributed by atoms with E-state index in [0.717, 1.165) is 19.3 Å². The minimum absolute atomic E-state index is 0.0566. The molecular weight excluding hydrogens is 266 g/mol. The van der Waals surface area contributed by atoms with Gasteiger partial charge in [0.05, 0.1) is 12.7 Å². The SMILES string of the molecule is N#CCCCOc1cccc(NC(=O)CC2(N)CCC2)c1. The summed E-state index contributed by atoms with van der Waals surface area (Å²) < 4.78 is 5.54. The van der Waals surface area contributed by atoms with Gasteiger partial charge in [-0.25, -0.2) is 0 Å². The summed E-state index contributed by atoms with van der Waals surface area (Å²) in [4.78, 5) is 12.0. The highest BCUT2D eigenvalue weighted by molar-refractivity contribution is 5.91. The molecule has 0 spiro atoms. The van der Waals surface area contributed by atoms with Crippen LogP contribution in [-0.2, 0) is 4.79 Å². The summed E-state index contributed by atoms with van der Waals surface area (Å²) >= 11 is 0. The van der Waals surface area contributed by atoms with Gasteiger partial charge in [0.1, 0.15) is 5.75 Å². The summed E-state index contributed by atoms with van der Waals surface area (Å²) in [6.45, 7) is 0.497. The molecule has 0 saturated heterocycles. The van der Waals surface area contributed by atoms with Crippen molar-refractivity contribution in [1.29, 1.82) is 5.26 Å². The molecule has 2 rings (SSSR count). The third-order valence-electron chi connectivity index (χ3n) is 3.68. The predicted octanol–water partition coefficient (Wildman–Crippen LogP) is 2.58. The van der Waals surface area contributed by atoms with Crippen LogP contribution in [0.5, 0.6) is 5.75 Å². The maximum absolute atomic E-state index is 12.0. The van der Waals surface area contributed by atoms with E-state index in [4.69, 9.17) is 15.7 Å². The van der Waals surface area contributed by atoms with Gasteiger partial charge >= 0.3 is 0 Å². The number of unbranched alkanes of at least 4 members (excludes halogenated alkanes) is 1. The molecule has 21 heavy (non-hydrogen) atoms. The normalized spacial score (nSPS) is 15.6. The Hall–Kier alpha value is -2.06. The van der Waals surface area contributed by atoms with Crippen molar-refractivity contribution in [3.63, 3.8) is 0 Å². The lowest BCUT2D eigenvalue weighted by molar-refractivity contribution is -0.118. The number of nitrogens with zero attached hydrogens (tertiary/aromatic N) is 1. The van der Waals surface area contributed by atoms with E-state index >= 15 is 0 Å². The van der Waals surface area contributed by atoms with Gasteiger partial charge in [0, 0.05) is 30.1 Å². The van der Waals surface area contributed by atoms with E-state index in [2.05, 4.69) is 11.4 Å². The zero-order valence-electron chi connectivity index (χ0n) is 12.1. The third-order valence-corrected chi connectivity index (χ3v) is 3.68. The lowest BCUT2D eigenvalue weighted by Crippen LogP contribution is -2.48. The second-order valence-electron chi connectivity index (χ2n) is 5.58. The predicted molar refractivity (Wildman–Crippen MR) is 80.8 cm³/mol. The fraction of sp³-hybridized carbons (Fsp3) is 0.500. The van der Waals surface area contributed by atoms with Crippen molar-refractivity contribution in [2.45, 2.75) is 44.1 Å². The van der Waals surface area contributed by atoms with E-state index in [0.29, 0.717) is 37.3 Å². The van der Waals surface area contributed by atoms with Crippen LogP contribution in [0.3, 0.4) is 0 Å². The number of nitriles is 1. The minimum Gasteiger partial charge on any atom is -0.493 e. The second kappa shape index (κ2) is 7.09. The summed E-state index contributed by atoms with van der Waals surface area (Å²) in [6.07, 6.45) is 4.48. The average molecular weight is 287 g/mol. The summed E-state index contributed by atoms with van der Waals surface area (Å²) in [5.41, 5.74) is 6.47. The lowest BCUT2D eigenvalue weighted by Gasteiger charge is -2.37. The Balaban J connectivity index is 1.82. The number of hydrogen-bond acceptors (Lipinski definition) is 4. The molecule has 3 N–H and O–H groups in total. The van der Waals surface area contributed by atoms with Crippen molar-refractivity contribution in [1.82, 2.24) is 0 Å². The van der Waals surface area contributed by atoms with Crippen molar-refractivity contribution in [2.75, 3.05) is 11.9 Å². The first kappa shape index (κ1) is 15.3. The Labute approximate surface area is 125 Å². The van der Waals surface area contributed by atoms with E-state index < -0.39 is 0 Å². The molecule has 0 radical (unpaired) electrons. The van der Waals surface area contributed by atoms with Gasteiger partial charge in [-0.3, -0.25) is 4.79 Å². The van der Waals surface area contributed by atoms with Gasteiger partial charge in [-0.15, -0.1) is 0 Å². The molecule has 0 heterocycles. The molecule has 1 aromatic carbocycles. The fourth-order valence-electron chi connectivity index (χ4n) is 2.34. The highest BCUT2D eigenvalue weighted by atomic mass is 16.5. The molecule has 0 atom stereocenters. The van der Waals surface area contributed by atoms with Gasteiger partial charge in [0.15, 0.2) is 0 Å². The largest absolute Gasteiger partial charge is 0.493 e. The number of anilines is 1. The minimum atomic E-state index is -0.310. The first-order valence-electron chi connectivity index (χ1n) is 7.30. The van der Waals surface area contributed by atoms with Gasteiger partial charge in [-0.2, -0.15) is 5.26 Å². The number of nitrogens with one attached hydrogen (secondary N) is 1. The highest BCUT2D eigenvalue weighted by Crippen LogP contribution is 2.32. The van der Waals surface area contributed by atoms with Gasteiger partial charge < -0.3 is 15.8 Å². The van der Waals surface area contributed by atoms with Gasteiger partial charge in [-0.05, 0) is 37.8 Å². The maximum Gasteiger partial charge on any atom is 0.226 e. The maximum atomic E-state index is 12.0. The molecular formula is C16H21N3O2. The lowest BCUT2D eigenvalue weighted by atomic mass is 9.75. The van der Waals surface area contributed by atoms with Crippen molar-refractivity contribution < 1.29 is 9.53 Å². The first-order chi connectivity index (χ1) is 10.1. The monoisotopic (exact) mass is 287 g/mol. The molecule has 1 aliphatic carbocycles. The zero-order chi connectivity index (χ0) is 15.1. The van der Waals surface area contributed by atoms with Crippen LogP contribution in [0.4, 0.5) is 5.69 Å². The number of hydrogen-bond donors (Lipinski definition) is 2. The first-order valence-corrected chi connectivity index (χ1v) is 7.30. The van der Waals surface area contributed by atoms with Crippen LogP contribution < -0.4 is 15.8 Å². The van der Waals surface area contributed by atoms with Crippen molar-refractivity contribution in [2.24, 2.45) is 5.73 Å². The number of ether oxygens (including phenoxy) is 1. The molecule has 0 aromatic heterocycles. The Morgan fingerprint density at radius 3 is 2.95 bits per heavy atom. The highest BCUT2D eigenvalue weighted by Gasteiger charge is 2.34. The van der Waals surface area contributed by atoms with Crippen molar-refractivity contribution >= 4 is 11.6 Å². The van der Waals surface area contributed by atoms with E-state index in [1.54, 1.807) is 6.07 Å². The van der Waals surface area contributed by atoms with Crippen molar-refractivity contribution in [3.8, 4) is 11.8 Å². The van der Waals surface area contributed by atoms with Crippen LogP contribution in [-0.4, -0.2) is 18.1 Å². The van der Waals surface area contributed by atoms with Crippen LogP contribution in [0, 0.1) is 11.3 Å². The molecule has 1 aliphatic rings. The third kappa shape index (κ3) is 4.76. The fourth-order valence-corrected chi connectivity index (χ4v) is 2.34. The number of benzene rings is 1. The van der Waals surface area contributed by atoms with Gasteiger partial charge in [-0.1, -0.05) is 6.07 Å². The van der Waals surface area contributed by atoms with Gasteiger partial charge in [0.2, 0.25) is 5.91 Å². The average Bonchev–Trinajstić information content (AvgIpc) is 2.42. The van der Waals surface area contributed by atoms with Crippen LogP contribution in [0.25, 0.3) is 0 Å². The Kier molecular flexibility index (Phi) is 5.18. The molecule has 5 nitrogen and oxygen atoms in total.